The molecule has 10 heteroatoms. The van der Waals surface area contributed by atoms with Crippen molar-refractivity contribution in [2.75, 3.05) is 59.0 Å². The Morgan fingerprint density at radius 1 is 0.941 bits per heavy atom. The number of thiazole rings is 1. The number of hydrogen-bond donors (Lipinski definition) is 0. The van der Waals surface area contributed by atoms with E-state index in [0.29, 0.717) is 40.2 Å². The molecule has 0 radical (unpaired) electrons. The van der Waals surface area contributed by atoms with Crippen LogP contribution in [-0.2, 0) is 4.79 Å². The number of benzene rings is 2. The van der Waals surface area contributed by atoms with Crippen LogP contribution in [0.5, 0.6) is 23.0 Å². The standard InChI is InChI=1S/C24H31N3O5S.ClH/c1-6-26(7-2)13-14-27(21(28)16-32-18-10-8-9-17(15-18)29-3)24-25-22-19(30-4)11-12-20(31-5)23(22)33-24;/h8-12,15H,6-7,13-14,16H2,1-5H3;1H. The lowest BCUT2D eigenvalue weighted by atomic mass is 10.3. The Morgan fingerprint density at radius 3 is 2.26 bits per heavy atom. The minimum atomic E-state index is -0.179. The van der Waals surface area contributed by atoms with Crippen LogP contribution in [0.3, 0.4) is 0 Å². The van der Waals surface area contributed by atoms with E-state index >= 15 is 0 Å². The molecule has 0 bridgehead atoms. The molecule has 0 unspecified atom stereocenters. The minimum absolute atomic E-state index is 0. The molecule has 0 atom stereocenters. The normalized spacial score (nSPS) is 10.6. The molecule has 0 N–H and O–H groups in total. The summed E-state index contributed by atoms with van der Waals surface area (Å²) < 4.78 is 22.8. The molecule has 186 valence electrons. The summed E-state index contributed by atoms with van der Waals surface area (Å²) in [5.41, 5.74) is 0.672. The molecule has 0 saturated heterocycles. The Kier molecular flexibility index (Phi) is 10.7. The van der Waals surface area contributed by atoms with Crippen molar-refractivity contribution in [2.24, 2.45) is 0 Å². The number of anilines is 1. The van der Waals surface area contributed by atoms with Gasteiger partial charge in [0, 0.05) is 19.2 Å². The second-order valence-corrected chi connectivity index (χ2v) is 8.16. The third-order valence-electron chi connectivity index (χ3n) is 5.37. The van der Waals surface area contributed by atoms with Crippen LogP contribution in [-0.4, -0.2) is 69.9 Å². The Bertz CT molecular complexity index is 1030. The van der Waals surface area contributed by atoms with E-state index in [2.05, 4.69) is 18.7 Å². The number of halogens is 1. The quantitative estimate of drug-likeness (QED) is 0.356. The van der Waals surface area contributed by atoms with Gasteiger partial charge in [0.2, 0.25) is 0 Å². The van der Waals surface area contributed by atoms with Crippen LogP contribution in [0.4, 0.5) is 5.13 Å². The lowest BCUT2D eigenvalue weighted by Crippen LogP contribution is -2.41. The van der Waals surface area contributed by atoms with E-state index in [9.17, 15) is 4.79 Å². The lowest BCUT2D eigenvalue weighted by Gasteiger charge is -2.24. The highest BCUT2D eigenvalue weighted by Crippen LogP contribution is 2.40. The summed E-state index contributed by atoms with van der Waals surface area (Å²) in [7, 11) is 4.81. The van der Waals surface area contributed by atoms with Crippen LogP contribution < -0.4 is 23.8 Å². The summed E-state index contributed by atoms with van der Waals surface area (Å²) >= 11 is 1.40. The highest BCUT2D eigenvalue weighted by molar-refractivity contribution is 7.22. The second kappa shape index (κ2) is 13.2. The van der Waals surface area contributed by atoms with Gasteiger partial charge < -0.3 is 23.8 Å². The summed E-state index contributed by atoms with van der Waals surface area (Å²) in [4.78, 5) is 22.0. The SMILES string of the molecule is CCN(CC)CCN(C(=O)COc1cccc(OC)c1)c1nc2c(OC)ccc(OC)c2s1.Cl. The molecule has 8 nitrogen and oxygen atoms in total. The molecule has 0 aliphatic rings. The van der Waals surface area contributed by atoms with Gasteiger partial charge in [-0.05, 0) is 37.4 Å². The van der Waals surface area contributed by atoms with Crippen LogP contribution in [0.15, 0.2) is 36.4 Å². The fourth-order valence-corrected chi connectivity index (χ4v) is 4.53. The van der Waals surface area contributed by atoms with E-state index in [0.717, 1.165) is 24.3 Å². The molecule has 34 heavy (non-hydrogen) atoms. The second-order valence-electron chi connectivity index (χ2n) is 7.18. The largest absolute Gasteiger partial charge is 0.497 e. The van der Waals surface area contributed by atoms with E-state index < -0.39 is 0 Å². The maximum atomic E-state index is 13.3. The fraction of sp³-hybridized carbons (Fsp3) is 0.417. The van der Waals surface area contributed by atoms with Crippen molar-refractivity contribution in [1.29, 1.82) is 0 Å². The molecule has 0 fully saturated rings. The number of nitrogens with zero attached hydrogens (tertiary/aromatic N) is 3. The Balaban J connectivity index is 0.00000408. The predicted molar refractivity (Wildman–Crippen MR) is 139 cm³/mol. The summed E-state index contributed by atoms with van der Waals surface area (Å²) in [6.45, 7) is 7.12. The number of likely N-dealkylation sites (N-methyl/N-ethyl adjacent to an activating group) is 1. The zero-order valence-corrected chi connectivity index (χ0v) is 21.8. The molecule has 3 rings (SSSR count). The van der Waals surface area contributed by atoms with Crippen molar-refractivity contribution >= 4 is 45.0 Å². The number of carbonyl (C=O) groups is 1. The van der Waals surface area contributed by atoms with Gasteiger partial charge in [-0.2, -0.15) is 0 Å². The number of aromatic nitrogens is 1. The Morgan fingerprint density at radius 2 is 1.62 bits per heavy atom. The molecule has 0 saturated carbocycles. The van der Waals surface area contributed by atoms with Gasteiger partial charge in [-0.25, -0.2) is 4.98 Å². The third-order valence-corrected chi connectivity index (χ3v) is 6.46. The number of hydrogen-bond acceptors (Lipinski definition) is 8. The van der Waals surface area contributed by atoms with Gasteiger partial charge >= 0.3 is 0 Å². The van der Waals surface area contributed by atoms with Crippen LogP contribution in [0, 0.1) is 0 Å². The van der Waals surface area contributed by atoms with Gasteiger partial charge in [0.25, 0.3) is 5.91 Å². The molecular weight excluding hydrogens is 478 g/mol. The van der Waals surface area contributed by atoms with E-state index in [-0.39, 0.29) is 24.9 Å². The first-order valence-electron chi connectivity index (χ1n) is 10.9. The van der Waals surface area contributed by atoms with Gasteiger partial charge in [-0.1, -0.05) is 31.3 Å². The Labute approximate surface area is 210 Å². The number of carbonyl (C=O) groups excluding carboxylic acids is 1. The average Bonchev–Trinajstić information content (AvgIpc) is 3.30. The predicted octanol–water partition coefficient (Wildman–Crippen LogP) is 4.50. The number of amides is 1. The molecule has 0 spiro atoms. The number of methoxy groups -OCH3 is 3. The van der Waals surface area contributed by atoms with Gasteiger partial charge in [0.1, 0.15) is 33.2 Å². The molecule has 2 aromatic carbocycles. The maximum Gasteiger partial charge on any atom is 0.266 e. The van der Waals surface area contributed by atoms with Gasteiger partial charge in [0.15, 0.2) is 11.7 Å². The summed E-state index contributed by atoms with van der Waals surface area (Å²) in [5.74, 6) is 2.39. The van der Waals surface area contributed by atoms with Crippen molar-refractivity contribution in [3.05, 3.63) is 36.4 Å². The van der Waals surface area contributed by atoms with E-state index in [4.69, 9.17) is 23.9 Å². The molecular formula is C24H32ClN3O5S. The topological polar surface area (TPSA) is 73.4 Å². The summed E-state index contributed by atoms with van der Waals surface area (Å²) in [6.07, 6.45) is 0. The van der Waals surface area contributed by atoms with E-state index in [1.165, 1.54) is 11.3 Å². The van der Waals surface area contributed by atoms with Gasteiger partial charge in [0.05, 0.1) is 21.3 Å². The minimum Gasteiger partial charge on any atom is -0.497 e. The molecule has 0 aliphatic carbocycles. The molecule has 0 aliphatic heterocycles. The zero-order valence-electron chi connectivity index (χ0n) is 20.2. The average molecular weight is 510 g/mol. The maximum absolute atomic E-state index is 13.3. The van der Waals surface area contributed by atoms with Crippen molar-refractivity contribution < 1.29 is 23.7 Å². The Hall–Kier alpha value is -2.75. The number of rotatable bonds is 12. The van der Waals surface area contributed by atoms with Gasteiger partial charge in [-0.3, -0.25) is 9.69 Å². The van der Waals surface area contributed by atoms with E-state index in [1.54, 1.807) is 38.4 Å². The molecule has 3 aromatic rings. The number of ether oxygens (including phenoxy) is 4. The molecule has 1 heterocycles. The van der Waals surface area contributed by atoms with Crippen LogP contribution in [0.2, 0.25) is 0 Å². The lowest BCUT2D eigenvalue weighted by molar-refractivity contribution is -0.120. The first-order valence-corrected chi connectivity index (χ1v) is 11.7. The molecule has 1 amide bonds. The van der Waals surface area contributed by atoms with Crippen molar-refractivity contribution in [1.82, 2.24) is 9.88 Å². The van der Waals surface area contributed by atoms with Crippen molar-refractivity contribution in [3.63, 3.8) is 0 Å². The fourth-order valence-electron chi connectivity index (χ4n) is 3.41. The van der Waals surface area contributed by atoms with Gasteiger partial charge in [-0.15, -0.1) is 12.4 Å². The van der Waals surface area contributed by atoms with Crippen LogP contribution in [0.25, 0.3) is 10.2 Å². The van der Waals surface area contributed by atoms with E-state index in [1.807, 2.05) is 24.3 Å². The highest BCUT2D eigenvalue weighted by Gasteiger charge is 2.23. The highest BCUT2D eigenvalue weighted by atomic mass is 35.5. The third kappa shape index (κ3) is 6.43. The summed E-state index contributed by atoms with van der Waals surface area (Å²) in [5, 5.41) is 0.583. The summed E-state index contributed by atoms with van der Waals surface area (Å²) in [6, 6.07) is 10.9. The zero-order chi connectivity index (χ0) is 23.8. The smallest absolute Gasteiger partial charge is 0.266 e. The van der Waals surface area contributed by atoms with Crippen molar-refractivity contribution in [2.45, 2.75) is 13.8 Å². The van der Waals surface area contributed by atoms with Crippen LogP contribution >= 0.6 is 23.7 Å². The first kappa shape index (κ1) is 27.5. The number of fused-ring (bicyclic) bond motifs is 1. The monoisotopic (exact) mass is 509 g/mol. The molecule has 1 aromatic heterocycles. The first-order chi connectivity index (χ1) is 16.0. The van der Waals surface area contributed by atoms with Crippen molar-refractivity contribution in [3.8, 4) is 23.0 Å². The van der Waals surface area contributed by atoms with Crippen LogP contribution in [0.1, 0.15) is 13.8 Å².